The zero-order valence-electron chi connectivity index (χ0n) is 8.14. The van der Waals surface area contributed by atoms with Gasteiger partial charge in [-0.3, -0.25) is 0 Å². The molecule has 2 atom stereocenters. The molecule has 2 heteroatoms. The Hall–Kier alpha value is -0.220. The molecule has 0 bridgehead atoms. The van der Waals surface area contributed by atoms with Crippen LogP contribution in [0.1, 0.15) is 44.9 Å². The van der Waals surface area contributed by atoms with Crippen LogP contribution in [0, 0.1) is 23.2 Å². The Morgan fingerprint density at radius 2 is 2.00 bits per heavy atom. The fourth-order valence-electron chi connectivity index (χ4n) is 2.22. The van der Waals surface area contributed by atoms with Crippen molar-refractivity contribution in [2.75, 3.05) is 5.88 Å². The molecule has 0 aromatic carbocycles. The van der Waals surface area contributed by atoms with Gasteiger partial charge in [0.1, 0.15) is 0 Å². The maximum Gasteiger partial charge on any atom is 0.0658 e. The number of halogens is 1. The van der Waals surface area contributed by atoms with E-state index in [0.29, 0.717) is 11.8 Å². The number of hydrogen-bond donors (Lipinski definition) is 0. The molecule has 74 valence electrons. The van der Waals surface area contributed by atoms with Gasteiger partial charge in [-0.25, -0.2) is 0 Å². The zero-order chi connectivity index (χ0) is 9.52. The molecule has 0 aromatic heterocycles. The van der Waals surface area contributed by atoms with Gasteiger partial charge in [0.25, 0.3) is 0 Å². The van der Waals surface area contributed by atoms with E-state index in [1.165, 1.54) is 32.1 Å². The van der Waals surface area contributed by atoms with E-state index in [-0.39, 0.29) is 0 Å². The lowest BCUT2D eigenvalue weighted by Gasteiger charge is -2.26. The van der Waals surface area contributed by atoms with Crippen LogP contribution in [-0.2, 0) is 0 Å². The van der Waals surface area contributed by atoms with Crippen molar-refractivity contribution in [3.8, 4) is 6.07 Å². The fourth-order valence-corrected chi connectivity index (χ4v) is 2.41. The van der Waals surface area contributed by atoms with Gasteiger partial charge < -0.3 is 0 Å². The van der Waals surface area contributed by atoms with Gasteiger partial charge in [-0.2, -0.15) is 5.26 Å². The van der Waals surface area contributed by atoms with E-state index >= 15 is 0 Å². The van der Waals surface area contributed by atoms with Gasteiger partial charge in [-0.05, 0) is 31.6 Å². The minimum absolute atomic E-state index is 0.337. The maximum atomic E-state index is 8.94. The predicted molar refractivity (Wildman–Crippen MR) is 55.6 cm³/mol. The second kappa shape index (κ2) is 6.27. The Labute approximate surface area is 86.1 Å². The summed E-state index contributed by atoms with van der Waals surface area (Å²) in [6.45, 7) is 0. The summed E-state index contributed by atoms with van der Waals surface area (Å²) in [6.07, 6.45) is 8.49. The Balaban J connectivity index is 2.24. The average molecular weight is 200 g/mol. The van der Waals surface area contributed by atoms with Gasteiger partial charge in [0.05, 0.1) is 6.07 Å². The molecule has 1 fully saturated rings. The molecule has 13 heavy (non-hydrogen) atoms. The predicted octanol–water partition coefficient (Wildman–Crippen LogP) is 3.73. The summed E-state index contributed by atoms with van der Waals surface area (Å²) in [5.74, 6) is 1.77. The highest BCUT2D eigenvalue weighted by atomic mass is 35.5. The van der Waals surface area contributed by atoms with Crippen LogP contribution in [0.4, 0.5) is 0 Å². The SMILES string of the molecule is N#C[C@H]1CCCC[C@H]1CCCCCl. The lowest BCUT2D eigenvalue weighted by Crippen LogP contribution is -2.17. The largest absolute Gasteiger partial charge is 0.198 e. The molecule has 0 N–H and O–H groups in total. The Morgan fingerprint density at radius 3 is 2.69 bits per heavy atom. The van der Waals surface area contributed by atoms with Crippen LogP contribution in [0.3, 0.4) is 0 Å². The molecular weight excluding hydrogens is 182 g/mol. The molecule has 1 saturated carbocycles. The first-order chi connectivity index (χ1) is 6.38. The van der Waals surface area contributed by atoms with Gasteiger partial charge in [0, 0.05) is 11.8 Å². The van der Waals surface area contributed by atoms with Gasteiger partial charge in [0.2, 0.25) is 0 Å². The smallest absolute Gasteiger partial charge is 0.0658 e. The first-order valence-electron chi connectivity index (χ1n) is 5.34. The number of unbranched alkanes of at least 4 members (excludes halogenated alkanes) is 1. The number of hydrogen-bond acceptors (Lipinski definition) is 1. The van der Waals surface area contributed by atoms with Crippen molar-refractivity contribution in [1.82, 2.24) is 0 Å². The molecule has 1 aliphatic carbocycles. The molecule has 1 rings (SSSR count). The van der Waals surface area contributed by atoms with Crippen molar-refractivity contribution >= 4 is 11.6 Å². The fraction of sp³-hybridized carbons (Fsp3) is 0.909. The highest BCUT2D eigenvalue weighted by Gasteiger charge is 2.23. The summed E-state index contributed by atoms with van der Waals surface area (Å²) in [5, 5.41) is 8.94. The number of nitrogens with zero attached hydrogens (tertiary/aromatic N) is 1. The molecule has 0 amide bonds. The van der Waals surface area contributed by atoms with E-state index in [2.05, 4.69) is 6.07 Å². The van der Waals surface area contributed by atoms with Gasteiger partial charge >= 0.3 is 0 Å². The summed E-state index contributed by atoms with van der Waals surface area (Å²) in [5.41, 5.74) is 0. The van der Waals surface area contributed by atoms with E-state index in [9.17, 15) is 0 Å². The molecular formula is C11H18ClN. The summed E-state index contributed by atoms with van der Waals surface area (Å²) in [6, 6.07) is 2.45. The van der Waals surface area contributed by atoms with Crippen LogP contribution >= 0.6 is 11.6 Å². The van der Waals surface area contributed by atoms with Crippen molar-refractivity contribution in [2.24, 2.45) is 11.8 Å². The summed E-state index contributed by atoms with van der Waals surface area (Å²) in [4.78, 5) is 0. The Morgan fingerprint density at radius 1 is 1.23 bits per heavy atom. The lowest BCUT2D eigenvalue weighted by molar-refractivity contribution is 0.269. The third kappa shape index (κ3) is 3.56. The quantitative estimate of drug-likeness (QED) is 0.500. The molecule has 0 heterocycles. The van der Waals surface area contributed by atoms with Crippen LogP contribution in [0.2, 0.25) is 0 Å². The average Bonchev–Trinajstić information content (AvgIpc) is 2.19. The summed E-state index contributed by atoms with van der Waals surface area (Å²) in [7, 11) is 0. The number of alkyl halides is 1. The van der Waals surface area contributed by atoms with Crippen LogP contribution in [-0.4, -0.2) is 5.88 Å². The standard InChI is InChI=1S/C11H18ClN/c12-8-4-3-6-10-5-1-2-7-11(10)9-13/h10-11H,1-8H2/t10-,11+/m0/s1. The summed E-state index contributed by atoms with van der Waals surface area (Å²) < 4.78 is 0. The number of nitriles is 1. The second-order valence-corrected chi connectivity index (χ2v) is 4.34. The highest BCUT2D eigenvalue weighted by Crippen LogP contribution is 2.32. The third-order valence-corrected chi connectivity index (χ3v) is 3.30. The van der Waals surface area contributed by atoms with Crippen molar-refractivity contribution in [3.05, 3.63) is 0 Å². The summed E-state index contributed by atoms with van der Waals surface area (Å²) >= 11 is 5.62. The maximum absolute atomic E-state index is 8.94. The van der Waals surface area contributed by atoms with Crippen LogP contribution in [0.15, 0.2) is 0 Å². The monoisotopic (exact) mass is 199 g/mol. The van der Waals surface area contributed by atoms with E-state index in [1.54, 1.807) is 0 Å². The first kappa shape index (κ1) is 10.9. The van der Waals surface area contributed by atoms with Crippen molar-refractivity contribution < 1.29 is 0 Å². The molecule has 0 saturated heterocycles. The van der Waals surface area contributed by atoms with Crippen LogP contribution < -0.4 is 0 Å². The van der Waals surface area contributed by atoms with E-state index in [1.807, 2.05) is 0 Å². The zero-order valence-corrected chi connectivity index (χ0v) is 8.89. The van der Waals surface area contributed by atoms with Gasteiger partial charge in [0.15, 0.2) is 0 Å². The molecule has 1 aliphatic rings. The second-order valence-electron chi connectivity index (χ2n) is 3.96. The molecule has 0 aliphatic heterocycles. The minimum atomic E-state index is 0.337. The van der Waals surface area contributed by atoms with E-state index in [4.69, 9.17) is 16.9 Å². The normalized spacial score (nSPS) is 28.3. The van der Waals surface area contributed by atoms with E-state index in [0.717, 1.165) is 18.7 Å². The molecule has 0 unspecified atom stereocenters. The molecule has 0 spiro atoms. The third-order valence-electron chi connectivity index (χ3n) is 3.03. The molecule has 0 radical (unpaired) electrons. The lowest BCUT2D eigenvalue weighted by atomic mass is 9.77. The Kier molecular flexibility index (Phi) is 5.23. The molecule has 1 nitrogen and oxygen atoms in total. The van der Waals surface area contributed by atoms with Crippen molar-refractivity contribution in [1.29, 1.82) is 5.26 Å². The van der Waals surface area contributed by atoms with Crippen molar-refractivity contribution in [2.45, 2.75) is 44.9 Å². The number of rotatable bonds is 4. The first-order valence-corrected chi connectivity index (χ1v) is 5.87. The topological polar surface area (TPSA) is 23.8 Å². The molecule has 0 aromatic rings. The van der Waals surface area contributed by atoms with Crippen LogP contribution in [0.5, 0.6) is 0 Å². The van der Waals surface area contributed by atoms with Crippen molar-refractivity contribution in [3.63, 3.8) is 0 Å². The Bertz CT molecular complexity index is 173. The van der Waals surface area contributed by atoms with Gasteiger partial charge in [-0.15, -0.1) is 11.6 Å². The minimum Gasteiger partial charge on any atom is -0.198 e. The van der Waals surface area contributed by atoms with Crippen LogP contribution in [0.25, 0.3) is 0 Å². The highest BCUT2D eigenvalue weighted by molar-refractivity contribution is 6.17. The van der Waals surface area contributed by atoms with Gasteiger partial charge in [-0.1, -0.05) is 19.3 Å². The van der Waals surface area contributed by atoms with E-state index < -0.39 is 0 Å².